The number of halogens is 2. The third kappa shape index (κ3) is 0.790. The van der Waals surface area contributed by atoms with Crippen molar-refractivity contribution < 1.29 is 8.78 Å². The number of nitrogens with zero attached hydrogens (tertiary/aromatic N) is 1. The first-order valence-electron chi connectivity index (χ1n) is 2.99. The molecule has 0 unspecified atom stereocenters. The Kier molecular flexibility index (Phi) is 1.15. The molecule has 2 rings (SSSR count). The van der Waals surface area contributed by atoms with Crippen LogP contribution < -0.4 is 0 Å². The quantitative estimate of drug-likeness (QED) is 0.612. The minimum absolute atomic E-state index is 0.0602. The van der Waals surface area contributed by atoms with Crippen molar-refractivity contribution in [1.82, 2.24) is 10.2 Å². The number of hydrogen-bond donors (Lipinski definition) is 1. The lowest BCUT2D eigenvalue weighted by Gasteiger charge is -1.90. The highest BCUT2D eigenvalue weighted by atomic mass is 19.1. The van der Waals surface area contributed by atoms with E-state index in [1.54, 1.807) is 0 Å². The summed E-state index contributed by atoms with van der Waals surface area (Å²) in [6.45, 7) is 0. The number of H-pyrrole nitrogens is 1. The molecule has 1 aromatic heterocycles. The van der Waals surface area contributed by atoms with Crippen LogP contribution in [0, 0.1) is 17.8 Å². The lowest BCUT2D eigenvalue weighted by atomic mass is 10.2. The molecule has 0 spiro atoms. The first kappa shape index (κ1) is 6.27. The van der Waals surface area contributed by atoms with E-state index in [1.807, 2.05) is 0 Å². The minimum atomic E-state index is -0.518. The zero-order chi connectivity index (χ0) is 7.84. The fraction of sp³-hybridized carbons (Fsp3) is 0. The van der Waals surface area contributed by atoms with Crippen molar-refractivity contribution in [2.45, 2.75) is 0 Å². The Morgan fingerprint density at radius 2 is 2.00 bits per heavy atom. The van der Waals surface area contributed by atoms with Gasteiger partial charge >= 0.3 is 0 Å². The molecule has 0 fully saturated rings. The summed E-state index contributed by atoms with van der Waals surface area (Å²) in [6.07, 6.45) is 2.31. The molecule has 11 heavy (non-hydrogen) atoms. The second-order valence-electron chi connectivity index (χ2n) is 2.11. The van der Waals surface area contributed by atoms with Crippen molar-refractivity contribution >= 4 is 10.9 Å². The standard InChI is InChI=1S/C7H3F2N2/c8-5-1-2-6(9)7-4(5)3-10-11-7/h1-2H,(H,10,11). The van der Waals surface area contributed by atoms with Crippen molar-refractivity contribution in [3.8, 4) is 0 Å². The minimum Gasteiger partial charge on any atom is -0.274 e. The fourth-order valence-corrected chi connectivity index (χ4v) is 0.910. The van der Waals surface area contributed by atoms with Gasteiger partial charge in [-0.2, -0.15) is 5.10 Å². The van der Waals surface area contributed by atoms with Gasteiger partial charge in [-0.05, 0) is 12.1 Å². The molecule has 2 nitrogen and oxygen atoms in total. The van der Waals surface area contributed by atoms with Gasteiger partial charge in [0.25, 0.3) is 0 Å². The number of aromatic amines is 1. The molecule has 2 aromatic rings. The summed E-state index contributed by atoms with van der Waals surface area (Å²) >= 11 is 0. The van der Waals surface area contributed by atoms with Gasteiger partial charge < -0.3 is 0 Å². The average Bonchev–Trinajstić information content (AvgIpc) is 2.45. The van der Waals surface area contributed by atoms with Crippen LogP contribution in [0.3, 0.4) is 0 Å². The van der Waals surface area contributed by atoms with Gasteiger partial charge in [0, 0.05) is 0 Å². The Morgan fingerprint density at radius 3 is 2.73 bits per heavy atom. The molecule has 0 aliphatic rings. The molecule has 1 aromatic carbocycles. The Labute approximate surface area is 60.8 Å². The molecule has 0 saturated heterocycles. The molecule has 0 amide bonds. The van der Waals surface area contributed by atoms with Crippen LogP contribution in [-0.2, 0) is 0 Å². The van der Waals surface area contributed by atoms with Gasteiger partial charge in [-0.15, -0.1) is 0 Å². The van der Waals surface area contributed by atoms with Gasteiger partial charge in [-0.3, -0.25) is 5.10 Å². The first-order chi connectivity index (χ1) is 5.29. The Morgan fingerprint density at radius 1 is 1.27 bits per heavy atom. The summed E-state index contributed by atoms with van der Waals surface area (Å²) in [5.41, 5.74) is 0.0602. The van der Waals surface area contributed by atoms with Crippen molar-refractivity contribution in [3.05, 3.63) is 30.0 Å². The summed E-state index contributed by atoms with van der Waals surface area (Å²) in [5.74, 6) is -1.04. The summed E-state index contributed by atoms with van der Waals surface area (Å²) < 4.78 is 25.5. The molecular weight excluding hydrogens is 150 g/mol. The highest BCUT2D eigenvalue weighted by Crippen LogP contribution is 2.16. The van der Waals surface area contributed by atoms with Gasteiger partial charge in [-0.25, -0.2) is 8.78 Å². The molecule has 0 atom stereocenters. The maximum Gasteiger partial charge on any atom is 0.149 e. The number of aromatic nitrogens is 2. The van der Waals surface area contributed by atoms with Crippen LogP contribution in [0.15, 0.2) is 12.1 Å². The Balaban J connectivity index is 2.96. The van der Waals surface area contributed by atoms with E-state index in [4.69, 9.17) is 0 Å². The van der Waals surface area contributed by atoms with Crippen molar-refractivity contribution in [2.24, 2.45) is 0 Å². The number of rotatable bonds is 0. The van der Waals surface area contributed by atoms with Gasteiger partial charge in [-0.1, -0.05) is 0 Å². The van der Waals surface area contributed by atoms with Gasteiger partial charge in [0.2, 0.25) is 0 Å². The van der Waals surface area contributed by atoms with Gasteiger partial charge in [0.1, 0.15) is 23.3 Å². The van der Waals surface area contributed by atoms with Crippen LogP contribution in [0.1, 0.15) is 0 Å². The molecule has 1 N–H and O–H groups in total. The van der Waals surface area contributed by atoms with Gasteiger partial charge in [0.05, 0.1) is 5.39 Å². The van der Waals surface area contributed by atoms with Crippen LogP contribution in [0.5, 0.6) is 0 Å². The highest BCUT2D eigenvalue weighted by Gasteiger charge is 2.06. The van der Waals surface area contributed by atoms with E-state index in [2.05, 4.69) is 16.4 Å². The summed E-state index contributed by atoms with van der Waals surface area (Å²) in [4.78, 5) is 0. The smallest absolute Gasteiger partial charge is 0.149 e. The van der Waals surface area contributed by atoms with E-state index >= 15 is 0 Å². The zero-order valence-electron chi connectivity index (χ0n) is 5.36. The van der Waals surface area contributed by atoms with Crippen LogP contribution in [-0.4, -0.2) is 10.2 Å². The molecule has 55 valence electrons. The molecule has 0 saturated carbocycles. The third-order valence-corrected chi connectivity index (χ3v) is 1.44. The molecular formula is C7H3F2N2. The normalized spacial score (nSPS) is 10.7. The zero-order valence-corrected chi connectivity index (χ0v) is 5.36. The molecule has 4 heteroatoms. The average molecular weight is 153 g/mol. The SMILES string of the molecule is Fc1ccc(F)c2[nH]n[c]c12. The highest BCUT2D eigenvalue weighted by molar-refractivity contribution is 5.78. The number of fused-ring (bicyclic) bond motifs is 1. The molecule has 0 bridgehead atoms. The van der Waals surface area contributed by atoms with Crippen LogP contribution in [0.2, 0.25) is 0 Å². The monoisotopic (exact) mass is 153 g/mol. The van der Waals surface area contributed by atoms with E-state index in [0.717, 1.165) is 12.1 Å². The second kappa shape index (κ2) is 2.02. The summed E-state index contributed by atoms with van der Waals surface area (Å²) in [7, 11) is 0. The number of nitrogens with one attached hydrogen (secondary N) is 1. The lowest BCUT2D eigenvalue weighted by Crippen LogP contribution is -1.80. The predicted octanol–water partition coefficient (Wildman–Crippen LogP) is 1.64. The van der Waals surface area contributed by atoms with E-state index in [9.17, 15) is 8.78 Å². The maximum absolute atomic E-state index is 12.7. The van der Waals surface area contributed by atoms with Crippen LogP contribution >= 0.6 is 0 Å². The Bertz CT molecular complexity index is 358. The maximum atomic E-state index is 12.7. The molecule has 0 aliphatic carbocycles. The summed E-state index contributed by atoms with van der Waals surface area (Å²) in [6, 6.07) is 2.09. The topological polar surface area (TPSA) is 28.7 Å². The largest absolute Gasteiger partial charge is 0.274 e. The van der Waals surface area contributed by atoms with Gasteiger partial charge in [0.15, 0.2) is 0 Å². The van der Waals surface area contributed by atoms with E-state index < -0.39 is 11.6 Å². The number of benzene rings is 1. The van der Waals surface area contributed by atoms with E-state index in [-0.39, 0.29) is 10.9 Å². The molecule has 1 radical (unpaired) electrons. The Hall–Kier alpha value is -1.45. The molecule has 0 aliphatic heterocycles. The van der Waals surface area contributed by atoms with Crippen molar-refractivity contribution in [2.75, 3.05) is 0 Å². The second-order valence-corrected chi connectivity index (χ2v) is 2.11. The van der Waals surface area contributed by atoms with E-state index in [1.165, 1.54) is 0 Å². The first-order valence-corrected chi connectivity index (χ1v) is 2.99. The number of hydrogen-bond acceptors (Lipinski definition) is 1. The van der Waals surface area contributed by atoms with Crippen LogP contribution in [0.25, 0.3) is 10.9 Å². The van der Waals surface area contributed by atoms with Crippen molar-refractivity contribution in [1.29, 1.82) is 0 Å². The van der Waals surface area contributed by atoms with Crippen molar-refractivity contribution in [3.63, 3.8) is 0 Å². The summed E-state index contributed by atoms with van der Waals surface area (Å²) in [5, 5.41) is 5.76. The predicted molar refractivity (Wildman–Crippen MR) is 34.8 cm³/mol. The third-order valence-electron chi connectivity index (χ3n) is 1.44. The van der Waals surface area contributed by atoms with E-state index in [0.29, 0.717) is 0 Å². The van der Waals surface area contributed by atoms with Crippen LogP contribution in [0.4, 0.5) is 8.78 Å². The fourth-order valence-electron chi connectivity index (χ4n) is 0.910. The lowest BCUT2D eigenvalue weighted by molar-refractivity contribution is 0.616. The molecule has 1 heterocycles.